The number of amides is 2. The maximum atomic E-state index is 12.1. The predicted octanol–water partition coefficient (Wildman–Crippen LogP) is -0.0761. The van der Waals surface area contributed by atoms with Gasteiger partial charge in [-0.25, -0.2) is 14.2 Å². The van der Waals surface area contributed by atoms with E-state index in [1.807, 2.05) is 0 Å². The molecule has 4 nitrogen and oxygen atoms in total. The van der Waals surface area contributed by atoms with E-state index in [0.717, 1.165) is 0 Å². The van der Waals surface area contributed by atoms with Gasteiger partial charge in [0.15, 0.2) is 5.49 Å². The van der Waals surface area contributed by atoms with E-state index in [0.29, 0.717) is 5.36 Å². The second kappa shape index (κ2) is 2.44. The van der Waals surface area contributed by atoms with Crippen molar-refractivity contribution < 1.29 is 9.18 Å². The van der Waals surface area contributed by atoms with E-state index in [2.05, 4.69) is 15.0 Å². The highest BCUT2D eigenvalue weighted by Crippen LogP contribution is 1.91. The van der Waals surface area contributed by atoms with Gasteiger partial charge >= 0.3 is 6.03 Å². The van der Waals surface area contributed by atoms with E-state index in [1.54, 1.807) is 0 Å². The maximum absolute atomic E-state index is 12.1. The SMILES string of the molecule is O=C1N=c2ccc(CF)nc2=N1. The summed E-state index contributed by atoms with van der Waals surface area (Å²) in [5.74, 6) is 0. The molecule has 2 heterocycles. The summed E-state index contributed by atoms with van der Waals surface area (Å²) in [6.07, 6.45) is 0. The molecule has 0 atom stereocenters. The summed E-state index contributed by atoms with van der Waals surface area (Å²) >= 11 is 0. The molecule has 0 aromatic carbocycles. The molecule has 0 saturated heterocycles. The summed E-state index contributed by atoms with van der Waals surface area (Å²) in [5, 5.41) is 0.414. The molecule has 1 aliphatic rings. The van der Waals surface area contributed by atoms with Gasteiger partial charge in [-0.1, -0.05) is 0 Å². The number of urea groups is 1. The lowest BCUT2D eigenvalue weighted by atomic mass is 10.4. The Morgan fingerprint density at radius 2 is 2.17 bits per heavy atom. The smallest absolute Gasteiger partial charge is 0.244 e. The number of fused-ring (bicyclic) bond motifs is 1. The predicted molar refractivity (Wildman–Crippen MR) is 36.8 cm³/mol. The zero-order valence-corrected chi connectivity index (χ0v) is 5.99. The number of halogens is 1. The van der Waals surface area contributed by atoms with Crippen LogP contribution in [-0.4, -0.2) is 11.0 Å². The molecular weight excluding hydrogens is 161 g/mol. The number of carbonyl (C=O) groups is 1. The van der Waals surface area contributed by atoms with Crippen LogP contribution in [-0.2, 0) is 6.67 Å². The summed E-state index contributed by atoms with van der Waals surface area (Å²) in [5.41, 5.74) is 0.484. The van der Waals surface area contributed by atoms with Crippen LogP contribution < -0.4 is 10.8 Å². The number of hydrogen-bond donors (Lipinski definition) is 0. The molecule has 0 bridgehead atoms. The van der Waals surface area contributed by atoms with Gasteiger partial charge in [-0.3, -0.25) is 0 Å². The number of nitrogens with zero attached hydrogens (tertiary/aromatic N) is 3. The molecule has 0 N–H and O–H groups in total. The van der Waals surface area contributed by atoms with Gasteiger partial charge in [-0.05, 0) is 12.1 Å². The number of carbonyl (C=O) groups excluding carboxylic acids is 1. The maximum Gasteiger partial charge on any atom is 0.369 e. The third-order valence-corrected chi connectivity index (χ3v) is 1.47. The molecule has 0 radical (unpaired) electrons. The number of hydrogen-bond acceptors (Lipinski definition) is 2. The van der Waals surface area contributed by atoms with Crippen molar-refractivity contribution >= 4 is 6.03 Å². The van der Waals surface area contributed by atoms with Crippen LogP contribution >= 0.6 is 0 Å². The average Bonchev–Trinajstić information content (AvgIpc) is 2.43. The Morgan fingerprint density at radius 1 is 1.33 bits per heavy atom. The van der Waals surface area contributed by atoms with E-state index in [1.165, 1.54) is 12.1 Å². The molecule has 2 rings (SSSR count). The summed E-state index contributed by atoms with van der Waals surface area (Å²) in [6, 6.07) is 2.44. The first kappa shape index (κ1) is 7.02. The van der Waals surface area contributed by atoms with Crippen LogP contribution in [0.25, 0.3) is 0 Å². The standard InChI is InChI=1S/C7H4FN3O/c8-3-4-1-2-5-6(9-4)11-7(12)10-5/h1-2H,3H2. The number of alkyl halides is 1. The fourth-order valence-electron chi connectivity index (χ4n) is 0.943. The third-order valence-electron chi connectivity index (χ3n) is 1.47. The summed E-state index contributed by atoms with van der Waals surface area (Å²) < 4.78 is 12.1. The van der Waals surface area contributed by atoms with Gasteiger partial charge < -0.3 is 0 Å². The van der Waals surface area contributed by atoms with E-state index in [9.17, 15) is 9.18 Å². The first-order valence-corrected chi connectivity index (χ1v) is 3.33. The van der Waals surface area contributed by atoms with E-state index < -0.39 is 12.7 Å². The molecule has 0 aliphatic carbocycles. The van der Waals surface area contributed by atoms with E-state index >= 15 is 0 Å². The molecule has 60 valence electrons. The molecule has 0 spiro atoms. The van der Waals surface area contributed by atoms with Crippen molar-refractivity contribution in [3.63, 3.8) is 0 Å². The topological polar surface area (TPSA) is 54.7 Å². The number of pyridine rings is 1. The van der Waals surface area contributed by atoms with Gasteiger partial charge in [0.2, 0.25) is 0 Å². The first-order chi connectivity index (χ1) is 5.79. The van der Waals surface area contributed by atoms with Crippen molar-refractivity contribution in [2.24, 2.45) is 9.98 Å². The average molecular weight is 165 g/mol. The Balaban J connectivity index is 2.72. The summed E-state index contributed by atoms with van der Waals surface area (Å²) in [6.45, 7) is -0.656. The Hall–Kier alpha value is -1.65. The van der Waals surface area contributed by atoms with Crippen molar-refractivity contribution in [2.75, 3.05) is 0 Å². The lowest BCUT2D eigenvalue weighted by Crippen LogP contribution is -2.26. The van der Waals surface area contributed by atoms with E-state index in [4.69, 9.17) is 0 Å². The van der Waals surface area contributed by atoms with Crippen LogP contribution in [0, 0.1) is 0 Å². The van der Waals surface area contributed by atoms with Crippen molar-refractivity contribution in [1.29, 1.82) is 0 Å². The minimum Gasteiger partial charge on any atom is -0.244 e. The molecular formula is C7H4FN3O. The quantitative estimate of drug-likeness (QED) is 0.584. The van der Waals surface area contributed by atoms with Crippen molar-refractivity contribution in [1.82, 2.24) is 4.98 Å². The number of rotatable bonds is 1. The molecule has 0 fully saturated rings. The zero-order chi connectivity index (χ0) is 8.55. The fraction of sp³-hybridized carbons (Fsp3) is 0.143. The molecule has 0 unspecified atom stereocenters. The van der Waals surface area contributed by atoms with Crippen LogP contribution in [0.5, 0.6) is 0 Å². The molecule has 2 amide bonds. The lowest BCUT2D eigenvalue weighted by Gasteiger charge is -1.88. The van der Waals surface area contributed by atoms with Gasteiger partial charge in [0.1, 0.15) is 12.0 Å². The lowest BCUT2D eigenvalue weighted by molar-refractivity contribution is 0.256. The normalized spacial score (nSPS) is 13.6. The van der Waals surface area contributed by atoms with Gasteiger partial charge in [-0.2, -0.15) is 9.98 Å². The Labute approximate surface area is 66.5 Å². The molecule has 1 aromatic rings. The minimum atomic E-state index is -0.656. The van der Waals surface area contributed by atoms with Crippen molar-refractivity contribution in [3.05, 3.63) is 28.7 Å². The molecule has 12 heavy (non-hydrogen) atoms. The van der Waals surface area contributed by atoms with Crippen LogP contribution in [0.1, 0.15) is 5.69 Å². The fourth-order valence-corrected chi connectivity index (χ4v) is 0.943. The third kappa shape index (κ3) is 0.990. The monoisotopic (exact) mass is 165 g/mol. The van der Waals surface area contributed by atoms with Crippen LogP contribution in [0.2, 0.25) is 0 Å². The zero-order valence-electron chi connectivity index (χ0n) is 5.99. The van der Waals surface area contributed by atoms with Crippen LogP contribution in [0.4, 0.5) is 9.18 Å². The van der Waals surface area contributed by atoms with Crippen LogP contribution in [0.15, 0.2) is 22.1 Å². The highest BCUT2D eigenvalue weighted by molar-refractivity contribution is 5.77. The van der Waals surface area contributed by atoms with Gasteiger partial charge in [0.05, 0.1) is 5.69 Å². The van der Waals surface area contributed by atoms with Gasteiger partial charge in [0, 0.05) is 0 Å². The molecule has 1 aromatic heterocycles. The highest BCUT2D eigenvalue weighted by Gasteiger charge is 2.05. The summed E-state index contributed by atoms with van der Waals surface area (Å²) in [4.78, 5) is 21.4. The van der Waals surface area contributed by atoms with E-state index in [-0.39, 0.29) is 11.2 Å². The van der Waals surface area contributed by atoms with Crippen molar-refractivity contribution in [3.8, 4) is 0 Å². The highest BCUT2D eigenvalue weighted by atomic mass is 19.1. The van der Waals surface area contributed by atoms with Crippen LogP contribution in [0.3, 0.4) is 0 Å². The molecule has 0 saturated carbocycles. The van der Waals surface area contributed by atoms with Crippen molar-refractivity contribution in [2.45, 2.75) is 6.67 Å². The Bertz CT molecular complexity index is 454. The number of aromatic nitrogens is 1. The Kier molecular flexibility index (Phi) is 1.43. The summed E-state index contributed by atoms with van der Waals surface area (Å²) in [7, 11) is 0. The second-order valence-corrected chi connectivity index (χ2v) is 2.29. The molecule has 5 heteroatoms. The Morgan fingerprint density at radius 3 is 2.92 bits per heavy atom. The molecule has 1 aliphatic heterocycles. The van der Waals surface area contributed by atoms with Gasteiger partial charge in [0.25, 0.3) is 0 Å². The minimum absolute atomic E-state index is 0.218. The second-order valence-electron chi connectivity index (χ2n) is 2.29. The first-order valence-electron chi connectivity index (χ1n) is 3.33. The largest absolute Gasteiger partial charge is 0.369 e. The van der Waals surface area contributed by atoms with Gasteiger partial charge in [-0.15, -0.1) is 0 Å².